The highest BCUT2D eigenvalue weighted by molar-refractivity contribution is 5.85. The number of amides is 1. The zero-order valence-corrected chi connectivity index (χ0v) is 12.0. The molecule has 2 fully saturated rings. The SMILES string of the molecule is CCC1C[C@H](C(=O)NC2CCC(O)CC2)[C@H](C(=O)O)C1. The van der Waals surface area contributed by atoms with Crippen LogP contribution in [0.25, 0.3) is 0 Å². The molecule has 0 aromatic rings. The molecule has 0 aromatic carbocycles. The maximum atomic E-state index is 12.3. The summed E-state index contributed by atoms with van der Waals surface area (Å²) in [5.74, 6) is -1.52. The Morgan fingerprint density at radius 2 is 1.70 bits per heavy atom. The van der Waals surface area contributed by atoms with Crippen LogP contribution in [0.5, 0.6) is 0 Å². The summed E-state index contributed by atoms with van der Waals surface area (Å²) in [5.41, 5.74) is 0. The molecular formula is C15H25NO4. The number of aliphatic hydroxyl groups is 1. The monoisotopic (exact) mass is 283 g/mol. The van der Waals surface area contributed by atoms with Gasteiger partial charge in [0.2, 0.25) is 5.91 Å². The maximum absolute atomic E-state index is 12.3. The molecule has 0 radical (unpaired) electrons. The number of aliphatic carboxylic acids is 1. The number of nitrogens with one attached hydrogen (secondary N) is 1. The molecule has 3 N–H and O–H groups in total. The molecule has 3 atom stereocenters. The molecule has 20 heavy (non-hydrogen) atoms. The molecular weight excluding hydrogens is 258 g/mol. The topological polar surface area (TPSA) is 86.6 Å². The van der Waals surface area contributed by atoms with E-state index in [0.717, 1.165) is 32.1 Å². The Morgan fingerprint density at radius 1 is 1.10 bits per heavy atom. The van der Waals surface area contributed by atoms with Gasteiger partial charge >= 0.3 is 5.97 Å². The Kier molecular flexibility index (Phi) is 5.02. The van der Waals surface area contributed by atoms with Crippen LogP contribution in [0.3, 0.4) is 0 Å². The second-order valence-corrected chi connectivity index (χ2v) is 6.31. The van der Waals surface area contributed by atoms with Crippen molar-refractivity contribution in [2.45, 2.75) is 64.0 Å². The van der Waals surface area contributed by atoms with Crippen molar-refractivity contribution in [3.05, 3.63) is 0 Å². The molecule has 5 nitrogen and oxygen atoms in total. The Labute approximate surface area is 119 Å². The number of hydrogen-bond donors (Lipinski definition) is 3. The Bertz CT molecular complexity index is 363. The summed E-state index contributed by atoms with van der Waals surface area (Å²) < 4.78 is 0. The van der Waals surface area contributed by atoms with E-state index in [9.17, 15) is 19.8 Å². The smallest absolute Gasteiger partial charge is 0.307 e. The maximum Gasteiger partial charge on any atom is 0.307 e. The molecule has 0 spiro atoms. The molecule has 0 aromatic heterocycles. The van der Waals surface area contributed by atoms with Crippen molar-refractivity contribution in [3.63, 3.8) is 0 Å². The van der Waals surface area contributed by atoms with E-state index < -0.39 is 11.9 Å². The third-order valence-corrected chi connectivity index (χ3v) is 4.93. The fraction of sp³-hybridized carbons (Fsp3) is 0.867. The summed E-state index contributed by atoms with van der Waals surface area (Å²) in [7, 11) is 0. The van der Waals surface area contributed by atoms with Crippen LogP contribution in [0.2, 0.25) is 0 Å². The van der Waals surface area contributed by atoms with Crippen LogP contribution < -0.4 is 5.32 Å². The zero-order chi connectivity index (χ0) is 14.7. The molecule has 0 heterocycles. The van der Waals surface area contributed by atoms with Gasteiger partial charge in [0.25, 0.3) is 0 Å². The third kappa shape index (κ3) is 3.51. The van der Waals surface area contributed by atoms with Gasteiger partial charge in [-0.1, -0.05) is 13.3 Å². The lowest BCUT2D eigenvalue weighted by atomic mass is 9.91. The van der Waals surface area contributed by atoms with Gasteiger partial charge in [0.1, 0.15) is 0 Å². The summed E-state index contributed by atoms with van der Waals surface area (Å²) >= 11 is 0. The second kappa shape index (κ2) is 6.57. The van der Waals surface area contributed by atoms with Gasteiger partial charge in [0.15, 0.2) is 0 Å². The van der Waals surface area contributed by atoms with Crippen LogP contribution in [0, 0.1) is 17.8 Å². The van der Waals surface area contributed by atoms with Crippen molar-refractivity contribution in [1.82, 2.24) is 5.32 Å². The van der Waals surface area contributed by atoms with Crippen LogP contribution in [0.4, 0.5) is 0 Å². The quantitative estimate of drug-likeness (QED) is 0.730. The third-order valence-electron chi connectivity index (χ3n) is 4.93. The Morgan fingerprint density at radius 3 is 2.25 bits per heavy atom. The van der Waals surface area contributed by atoms with E-state index in [1.807, 2.05) is 6.92 Å². The molecule has 2 aliphatic rings. The van der Waals surface area contributed by atoms with E-state index in [-0.39, 0.29) is 24.0 Å². The predicted octanol–water partition coefficient (Wildman–Crippen LogP) is 1.54. The highest BCUT2D eigenvalue weighted by atomic mass is 16.4. The number of hydrogen-bond acceptors (Lipinski definition) is 3. The van der Waals surface area contributed by atoms with Gasteiger partial charge < -0.3 is 15.5 Å². The Balaban J connectivity index is 1.91. The fourth-order valence-electron chi connectivity index (χ4n) is 3.57. The number of rotatable bonds is 4. The number of carbonyl (C=O) groups excluding carboxylic acids is 1. The van der Waals surface area contributed by atoms with E-state index in [1.54, 1.807) is 0 Å². The molecule has 2 saturated carbocycles. The normalized spacial score (nSPS) is 37.6. The van der Waals surface area contributed by atoms with Gasteiger partial charge in [0, 0.05) is 6.04 Å². The van der Waals surface area contributed by atoms with Crippen LogP contribution >= 0.6 is 0 Å². The van der Waals surface area contributed by atoms with Gasteiger partial charge in [-0.3, -0.25) is 9.59 Å². The van der Waals surface area contributed by atoms with Crippen molar-refractivity contribution in [1.29, 1.82) is 0 Å². The first-order valence-corrected chi connectivity index (χ1v) is 7.72. The summed E-state index contributed by atoms with van der Waals surface area (Å²) in [6, 6.07) is 0.0982. The second-order valence-electron chi connectivity index (χ2n) is 6.31. The number of carboxylic acids is 1. The van der Waals surface area contributed by atoms with Crippen LogP contribution in [0.15, 0.2) is 0 Å². The number of carbonyl (C=O) groups is 2. The van der Waals surface area contributed by atoms with Gasteiger partial charge in [-0.15, -0.1) is 0 Å². The van der Waals surface area contributed by atoms with Crippen molar-refractivity contribution in [2.75, 3.05) is 0 Å². The zero-order valence-electron chi connectivity index (χ0n) is 12.0. The van der Waals surface area contributed by atoms with Crippen molar-refractivity contribution < 1.29 is 19.8 Å². The average molecular weight is 283 g/mol. The van der Waals surface area contributed by atoms with Crippen LogP contribution in [-0.4, -0.2) is 34.2 Å². The van der Waals surface area contributed by atoms with Gasteiger partial charge in [0.05, 0.1) is 17.9 Å². The minimum absolute atomic E-state index is 0.0982. The van der Waals surface area contributed by atoms with Crippen molar-refractivity contribution in [3.8, 4) is 0 Å². The average Bonchev–Trinajstić information content (AvgIpc) is 2.86. The summed E-state index contributed by atoms with van der Waals surface area (Å²) in [6.07, 6.45) is 5.00. The van der Waals surface area contributed by atoms with Crippen molar-refractivity contribution >= 4 is 11.9 Å². The molecule has 1 amide bonds. The van der Waals surface area contributed by atoms with E-state index in [2.05, 4.69) is 5.32 Å². The van der Waals surface area contributed by atoms with E-state index >= 15 is 0 Å². The molecule has 0 aliphatic heterocycles. The van der Waals surface area contributed by atoms with Crippen molar-refractivity contribution in [2.24, 2.45) is 17.8 Å². The first-order valence-electron chi connectivity index (χ1n) is 7.72. The predicted molar refractivity (Wildman–Crippen MR) is 74.0 cm³/mol. The minimum atomic E-state index is -0.847. The molecule has 1 unspecified atom stereocenters. The first-order chi connectivity index (χ1) is 9.51. The fourth-order valence-corrected chi connectivity index (χ4v) is 3.57. The van der Waals surface area contributed by atoms with E-state index in [1.165, 1.54) is 0 Å². The lowest BCUT2D eigenvalue weighted by Crippen LogP contribution is -2.43. The molecule has 0 bridgehead atoms. The number of carboxylic acid groups (broad SMARTS) is 1. The lowest BCUT2D eigenvalue weighted by molar-refractivity contribution is -0.146. The van der Waals surface area contributed by atoms with Crippen LogP contribution in [0.1, 0.15) is 51.9 Å². The molecule has 0 saturated heterocycles. The van der Waals surface area contributed by atoms with Gasteiger partial charge in [-0.05, 0) is 44.4 Å². The standard InChI is InChI=1S/C15H25NO4/c1-2-9-7-12(13(8-9)15(19)20)14(18)16-10-3-5-11(17)6-4-10/h9-13,17H,2-8H2,1H3,(H,16,18)(H,19,20)/t9?,10?,11?,12-,13+/m0/s1. The van der Waals surface area contributed by atoms with E-state index in [4.69, 9.17) is 0 Å². The highest BCUT2D eigenvalue weighted by Crippen LogP contribution is 2.38. The Hall–Kier alpha value is -1.10. The van der Waals surface area contributed by atoms with Gasteiger partial charge in [-0.25, -0.2) is 0 Å². The highest BCUT2D eigenvalue weighted by Gasteiger charge is 2.42. The van der Waals surface area contributed by atoms with E-state index in [0.29, 0.717) is 18.8 Å². The molecule has 5 heteroatoms. The number of aliphatic hydroxyl groups excluding tert-OH is 1. The summed E-state index contributed by atoms with van der Waals surface area (Å²) in [6.45, 7) is 2.05. The largest absolute Gasteiger partial charge is 0.481 e. The summed E-state index contributed by atoms with van der Waals surface area (Å²) in [4.78, 5) is 23.6. The van der Waals surface area contributed by atoms with Crippen LogP contribution in [-0.2, 0) is 9.59 Å². The molecule has 2 rings (SSSR count). The molecule has 2 aliphatic carbocycles. The summed E-state index contributed by atoms with van der Waals surface area (Å²) in [5, 5.41) is 21.7. The molecule has 114 valence electrons. The first kappa shape index (κ1) is 15.3. The minimum Gasteiger partial charge on any atom is -0.481 e. The van der Waals surface area contributed by atoms with Gasteiger partial charge in [-0.2, -0.15) is 0 Å². The lowest BCUT2D eigenvalue weighted by Gasteiger charge is -2.28.